The molecule has 248 valence electrons. The summed E-state index contributed by atoms with van der Waals surface area (Å²) < 4.78 is 17.1. The molecule has 1 N–H and O–H groups in total. The molecular weight excluding hydrogens is 576 g/mol. The maximum atomic E-state index is 13.2. The molecule has 0 bridgehead atoms. The van der Waals surface area contributed by atoms with Crippen molar-refractivity contribution in [3.63, 3.8) is 0 Å². The number of nitro groups is 1. The molecule has 1 rings (SSSR count). The molecule has 1 aromatic heterocycles. The molecule has 2 atom stereocenters. The predicted octanol–water partition coefficient (Wildman–Crippen LogP) is 4.77. The van der Waals surface area contributed by atoms with Crippen molar-refractivity contribution in [1.82, 2.24) is 14.9 Å². The van der Waals surface area contributed by atoms with Gasteiger partial charge in [0.15, 0.2) is 11.6 Å². The van der Waals surface area contributed by atoms with Crippen molar-refractivity contribution in [3.8, 4) is 0 Å². The number of esters is 2. The number of rotatable bonds is 21. The number of nitrogens with one attached hydrogen (secondary N) is 1. The van der Waals surface area contributed by atoms with E-state index in [4.69, 9.17) is 14.2 Å². The smallest absolute Gasteiger partial charge is 0.408 e. The average molecular weight is 625 g/mol. The van der Waals surface area contributed by atoms with E-state index in [0.29, 0.717) is 18.7 Å². The van der Waals surface area contributed by atoms with E-state index in [1.807, 2.05) is 13.8 Å². The zero-order valence-electron chi connectivity index (χ0n) is 26.8. The number of unbranched alkanes of at least 4 members (excludes halogenated alkanes) is 2. The van der Waals surface area contributed by atoms with Crippen LogP contribution in [0, 0.1) is 23.0 Å². The van der Waals surface area contributed by atoms with Crippen molar-refractivity contribution in [2.45, 2.75) is 124 Å². The first-order valence-corrected chi connectivity index (χ1v) is 15.2. The van der Waals surface area contributed by atoms with Crippen molar-refractivity contribution in [2.24, 2.45) is 5.92 Å². The highest BCUT2D eigenvalue weighted by Crippen LogP contribution is 2.18. The van der Waals surface area contributed by atoms with Gasteiger partial charge in [-0.3, -0.25) is 19.2 Å². The Hall–Kier alpha value is -3.84. The molecular formula is C30H48N4O10. The zero-order valence-corrected chi connectivity index (χ0v) is 26.8. The van der Waals surface area contributed by atoms with Gasteiger partial charge in [0.2, 0.25) is 0 Å². The molecule has 0 fully saturated rings. The molecule has 1 amide bonds. The normalized spacial score (nSPS) is 12.6. The number of carbonyl (C=O) groups excluding carboxylic acids is 5. The molecule has 0 saturated heterocycles. The van der Waals surface area contributed by atoms with Crippen molar-refractivity contribution in [3.05, 3.63) is 22.1 Å². The molecule has 1 heterocycles. The highest BCUT2D eigenvalue weighted by Gasteiger charge is 2.29. The van der Waals surface area contributed by atoms with Gasteiger partial charge in [-0.2, -0.15) is 0 Å². The third-order valence-electron chi connectivity index (χ3n) is 6.54. The molecule has 0 aliphatic carbocycles. The third kappa shape index (κ3) is 15.1. The largest absolute Gasteiger partial charge is 0.466 e. The predicted molar refractivity (Wildman–Crippen MR) is 160 cm³/mol. The number of hydrogen-bond acceptors (Lipinski definition) is 11. The van der Waals surface area contributed by atoms with Crippen LogP contribution in [-0.4, -0.2) is 68.9 Å². The SMILES string of the molecule is CCCCOC(=O)CC(CC(=O)CCC(NC(=O)OC(C)(C)C)C(=O)CCCn1c([N+](=O)[O-])cnc1C)C(=O)OCCCC. The van der Waals surface area contributed by atoms with Crippen molar-refractivity contribution in [1.29, 1.82) is 0 Å². The van der Waals surface area contributed by atoms with Crippen LogP contribution in [-0.2, 0) is 39.9 Å². The van der Waals surface area contributed by atoms with E-state index in [1.165, 1.54) is 4.57 Å². The van der Waals surface area contributed by atoms with Crippen LogP contribution in [0.2, 0.25) is 0 Å². The summed E-state index contributed by atoms with van der Waals surface area (Å²) in [6, 6.07) is -1.08. The lowest BCUT2D eigenvalue weighted by Crippen LogP contribution is -2.43. The minimum Gasteiger partial charge on any atom is -0.466 e. The van der Waals surface area contributed by atoms with Crippen LogP contribution in [0.5, 0.6) is 0 Å². The van der Waals surface area contributed by atoms with Gasteiger partial charge in [0, 0.05) is 26.2 Å². The van der Waals surface area contributed by atoms with Crippen LogP contribution in [0.1, 0.15) is 105 Å². The van der Waals surface area contributed by atoms with Gasteiger partial charge in [0.1, 0.15) is 17.6 Å². The van der Waals surface area contributed by atoms with Gasteiger partial charge >= 0.3 is 23.8 Å². The lowest BCUT2D eigenvalue weighted by molar-refractivity contribution is -0.392. The average Bonchev–Trinajstić information content (AvgIpc) is 3.30. The van der Waals surface area contributed by atoms with E-state index >= 15 is 0 Å². The van der Waals surface area contributed by atoms with Crippen LogP contribution in [0.4, 0.5) is 10.6 Å². The van der Waals surface area contributed by atoms with Crippen molar-refractivity contribution in [2.75, 3.05) is 13.2 Å². The van der Waals surface area contributed by atoms with Gasteiger partial charge in [-0.05, 0) is 51.4 Å². The van der Waals surface area contributed by atoms with Crippen molar-refractivity contribution >= 4 is 35.4 Å². The van der Waals surface area contributed by atoms with Gasteiger partial charge in [0.25, 0.3) is 0 Å². The minimum atomic E-state index is -1.08. The molecule has 14 heteroatoms. The molecule has 44 heavy (non-hydrogen) atoms. The fourth-order valence-corrected chi connectivity index (χ4v) is 4.17. The van der Waals surface area contributed by atoms with Gasteiger partial charge in [0.05, 0.1) is 38.1 Å². The number of hydrogen-bond donors (Lipinski definition) is 1. The van der Waals surface area contributed by atoms with Crippen LogP contribution < -0.4 is 5.32 Å². The lowest BCUT2D eigenvalue weighted by Gasteiger charge is -2.23. The Morgan fingerprint density at radius 1 is 1.00 bits per heavy atom. The fraction of sp³-hybridized carbons (Fsp3) is 0.733. The second-order valence-electron chi connectivity index (χ2n) is 11.6. The first-order chi connectivity index (χ1) is 20.7. The number of ketones is 2. The summed E-state index contributed by atoms with van der Waals surface area (Å²) in [6.45, 7) is 11.0. The maximum absolute atomic E-state index is 13.2. The molecule has 0 saturated carbocycles. The standard InChI is InChI=1S/C30H48N4O10/c1-7-9-16-42-27(37)19-22(28(38)43-17-10-8-2)18-23(35)13-14-24(32-29(39)44-30(4,5)6)25(36)12-11-15-33-21(3)31-20-26(33)34(40)41/h20,22,24H,7-19H2,1-6H3,(H,32,39). The zero-order chi connectivity index (χ0) is 33.3. The molecule has 0 aliphatic heterocycles. The van der Waals surface area contributed by atoms with E-state index < -0.39 is 46.3 Å². The molecule has 0 aliphatic rings. The molecule has 0 radical (unpaired) electrons. The first kappa shape index (κ1) is 38.2. The third-order valence-corrected chi connectivity index (χ3v) is 6.54. The summed E-state index contributed by atoms with van der Waals surface area (Å²) in [6.07, 6.45) is 2.61. The topological polar surface area (TPSA) is 186 Å². The van der Waals surface area contributed by atoms with Gasteiger partial charge in [-0.25, -0.2) is 14.3 Å². The number of nitrogens with zero attached hydrogens (tertiary/aromatic N) is 3. The van der Waals surface area contributed by atoms with E-state index in [2.05, 4.69) is 10.3 Å². The Balaban J connectivity index is 2.92. The number of imidazole rings is 1. The number of aryl methyl sites for hydroxylation is 1. The van der Waals surface area contributed by atoms with Gasteiger partial charge in [-0.1, -0.05) is 26.7 Å². The fourth-order valence-electron chi connectivity index (χ4n) is 4.17. The summed E-state index contributed by atoms with van der Waals surface area (Å²) in [5.74, 6) is -2.84. The number of carbonyl (C=O) groups is 5. The summed E-state index contributed by atoms with van der Waals surface area (Å²) in [4.78, 5) is 78.3. The number of alkyl carbamates (subject to hydrolysis) is 1. The molecule has 1 aromatic rings. The van der Waals surface area contributed by atoms with Crippen LogP contribution >= 0.6 is 0 Å². The lowest BCUT2D eigenvalue weighted by atomic mass is 9.94. The monoisotopic (exact) mass is 624 g/mol. The van der Waals surface area contributed by atoms with E-state index in [1.54, 1.807) is 27.7 Å². The van der Waals surface area contributed by atoms with Gasteiger partial charge in [-0.15, -0.1) is 0 Å². The Labute approximate surface area is 258 Å². The second-order valence-corrected chi connectivity index (χ2v) is 11.6. The molecule has 0 aromatic carbocycles. The number of aromatic nitrogens is 2. The number of ether oxygens (including phenoxy) is 3. The summed E-state index contributed by atoms with van der Waals surface area (Å²) >= 11 is 0. The van der Waals surface area contributed by atoms with Crippen LogP contribution in [0.3, 0.4) is 0 Å². The Kier molecular flexibility index (Phi) is 16.9. The minimum absolute atomic E-state index is 0.0423. The molecule has 2 unspecified atom stereocenters. The van der Waals surface area contributed by atoms with Crippen LogP contribution in [0.15, 0.2) is 6.20 Å². The summed E-state index contributed by atoms with van der Waals surface area (Å²) in [7, 11) is 0. The molecule has 14 nitrogen and oxygen atoms in total. The van der Waals surface area contributed by atoms with Crippen molar-refractivity contribution < 1.29 is 43.1 Å². The Bertz CT molecular complexity index is 1130. The summed E-state index contributed by atoms with van der Waals surface area (Å²) in [5.41, 5.74) is -0.831. The second kappa shape index (κ2) is 19.4. The van der Waals surface area contributed by atoms with E-state index in [-0.39, 0.29) is 69.9 Å². The Morgan fingerprint density at radius 3 is 2.23 bits per heavy atom. The maximum Gasteiger partial charge on any atom is 0.408 e. The molecule has 0 spiro atoms. The van der Waals surface area contributed by atoms with E-state index in [9.17, 15) is 34.1 Å². The highest BCUT2D eigenvalue weighted by molar-refractivity contribution is 5.90. The highest BCUT2D eigenvalue weighted by atomic mass is 16.6. The number of amides is 1. The first-order valence-electron chi connectivity index (χ1n) is 15.2. The van der Waals surface area contributed by atoms with Gasteiger partial charge < -0.3 is 29.6 Å². The quantitative estimate of drug-likeness (QED) is 0.0652. The number of Topliss-reactive ketones (excluding diaryl/α,β-unsaturated/α-hetero) is 2. The van der Waals surface area contributed by atoms with E-state index in [0.717, 1.165) is 19.0 Å². The Morgan fingerprint density at radius 2 is 1.64 bits per heavy atom. The summed E-state index contributed by atoms with van der Waals surface area (Å²) in [5, 5.41) is 13.8. The van der Waals surface area contributed by atoms with Crippen LogP contribution in [0.25, 0.3) is 0 Å².